The van der Waals surface area contributed by atoms with Crippen LogP contribution in [0.4, 0.5) is 4.79 Å². The van der Waals surface area contributed by atoms with Crippen molar-refractivity contribution in [3.63, 3.8) is 0 Å². The van der Waals surface area contributed by atoms with E-state index in [1.807, 2.05) is 35.2 Å². The van der Waals surface area contributed by atoms with Crippen LogP contribution in [0.15, 0.2) is 78.9 Å². The zero-order valence-corrected chi connectivity index (χ0v) is 18.6. The molecule has 4 rings (SSSR count). The number of benzene rings is 3. The molecule has 1 fully saturated rings. The quantitative estimate of drug-likeness (QED) is 0.609. The molecular formula is C26H28ClN3O. The summed E-state index contributed by atoms with van der Waals surface area (Å²) >= 11 is 6.34. The van der Waals surface area contributed by atoms with Gasteiger partial charge in [0.1, 0.15) is 0 Å². The highest BCUT2D eigenvalue weighted by Gasteiger charge is 2.30. The summed E-state index contributed by atoms with van der Waals surface area (Å²) in [6, 6.07) is 27.1. The zero-order chi connectivity index (χ0) is 21.6. The predicted molar refractivity (Wildman–Crippen MR) is 127 cm³/mol. The number of carbonyl (C=O) groups is 1. The first-order valence-electron chi connectivity index (χ1n) is 10.7. The van der Waals surface area contributed by atoms with Crippen LogP contribution >= 0.6 is 11.6 Å². The maximum absolute atomic E-state index is 12.4. The third-order valence-corrected chi connectivity index (χ3v) is 6.23. The monoisotopic (exact) mass is 433 g/mol. The molecule has 5 heteroatoms. The zero-order valence-electron chi connectivity index (χ0n) is 17.8. The van der Waals surface area contributed by atoms with Crippen LogP contribution in [-0.4, -0.2) is 48.6 Å². The fourth-order valence-corrected chi connectivity index (χ4v) is 4.52. The smallest absolute Gasteiger partial charge is 0.317 e. The van der Waals surface area contributed by atoms with Gasteiger partial charge in [0.05, 0.1) is 6.04 Å². The Morgan fingerprint density at radius 1 is 0.935 bits per heavy atom. The van der Waals surface area contributed by atoms with Gasteiger partial charge < -0.3 is 10.2 Å². The number of hydrogen-bond donors (Lipinski definition) is 1. The number of nitrogens with one attached hydrogen (secondary N) is 1. The standard InChI is InChI=1S/C26H28ClN3O/c1-28-26(31)30-16-15-29(19-23(30)17-20-7-3-2-4-8-20)18-21-11-13-22(14-12-21)24-9-5-6-10-25(24)27/h2-14,23H,15-19H2,1H3,(H,28,31)/t23-/m1/s1. The largest absolute Gasteiger partial charge is 0.341 e. The number of amides is 2. The minimum atomic E-state index is 0.00433. The molecule has 0 unspecified atom stereocenters. The summed E-state index contributed by atoms with van der Waals surface area (Å²) in [5, 5.41) is 3.57. The minimum Gasteiger partial charge on any atom is -0.341 e. The first-order chi connectivity index (χ1) is 15.1. The highest BCUT2D eigenvalue weighted by molar-refractivity contribution is 6.33. The highest BCUT2D eigenvalue weighted by atomic mass is 35.5. The lowest BCUT2D eigenvalue weighted by Gasteiger charge is -2.41. The third-order valence-electron chi connectivity index (χ3n) is 5.90. The van der Waals surface area contributed by atoms with Crippen LogP contribution in [0.25, 0.3) is 11.1 Å². The number of halogens is 1. The molecule has 160 valence electrons. The summed E-state index contributed by atoms with van der Waals surface area (Å²) in [5.41, 5.74) is 4.70. The van der Waals surface area contributed by atoms with E-state index < -0.39 is 0 Å². The highest BCUT2D eigenvalue weighted by Crippen LogP contribution is 2.28. The SMILES string of the molecule is CNC(=O)N1CCN(Cc2ccc(-c3ccccc3Cl)cc2)C[C@H]1Cc1ccccc1. The van der Waals surface area contributed by atoms with Crippen molar-refractivity contribution >= 4 is 17.6 Å². The van der Waals surface area contributed by atoms with Gasteiger partial charge in [-0.25, -0.2) is 4.79 Å². The van der Waals surface area contributed by atoms with Gasteiger partial charge in [0.15, 0.2) is 0 Å². The second-order valence-corrected chi connectivity index (χ2v) is 8.41. The number of piperazine rings is 1. The van der Waals surface area contributed by atoms with Crippen molar-refractivity contribution in [1.82, 2.24) is 15.1 Å². The predicted octanol–water partition coefficient (Wildman–Crippen LogP) is 5.08. The third kappa shape index (κ3) is 5.27. The molecule has 1 atom stereocenters. The van der Waals surface area contributed by atoms with Crippen molar-refractivity contribution in [2.45, 2.75) is 19.0 Å². The molecule has 1 N–H and O–H groups in total. The molecule has 0 saturated carbocycles. The first-order valence-corrected chi connectivity index (χ1v) is 11.1. The van der Waals surface area contributed by atoms with Gasteiger partial charge in [-0.05, 0) is 29.2 Å². The van der Waals surface area contributed by atoms with Crippen LogP contribution in [0.1, 0.15) is 11.1 Å². The Hall–Kier alpha value is -2.82. The van der Waals surface area contributed by atoms with Crippen molar-refractivity contribution < 1.29 is 4.79 Å². The van der Waals surface area contributed by atoms with Crippen LogP contribution in [-0.2, 0) is 13.0 Å². The first kappa shape index (κ1) is 21.4. The lowest BCUT2D eigenvalue weighted by molar-refractivity contribution is 0.0906. The second kappa shape index (κ2) is 9.99. The molecule has 0 aromatic heterocycles. The number of rotatable bonds is 5. The van der Waals surface area contributed by atoms with E-state index in [-0.39, 0.29) is 12.1 Å². The van der Waals surface area contributed by atoms with E-state index >= 15 is 0 Å². The van der Waals surface area contributed by atoms with E-state index in [2.05, 4.69) is 58.7 Å². The summed E-state index contributed by atoms with van der Waals surface area (Å²) in [6.45, 7) is 3.32. The van der Waals surface area contributed by atoms with Gasteiger partial charge in [0.25, 0.3) is 0 Å². The van der Waals surface area contributed by atoms with Crippen molar-refractivity contribution in [2.24, 2.45) is 0 Å². The Labute approximate surface area is 189 Å². The molecular weight excluding hydrogens is 406 g/mol. The Kier molecular flexibility index (Phi) is 6.90. The van der Waals surface area contributed by atoms with Crippen LogP contribution in [0.2, 0.25) is 5.02 Å². The second-order valence-electron chi connectivity index (χ2n) is 8.00. The van der Waals surface area contributed by atoms with E-state index in [0.717, 1.165) is 48.7 Å². The van der Waals surface area contributed by atoms with Crippen LogP contribution in [0.5, 0.6) is 0 Å². The van der Waals surface area contributed by atoms with E-state index in [1.165, 1.54) is 11.1 Å². The van der Waals surface area contributed by atoms with Crippen molar-refractivity contribution in [1.29, 1.82) is 0 Å². The summed E-state index contributed by atoms with van der Waals surface area (Å²) in [7, 11) is 1.70. The van der Waals surface area contributed by atoms with Gasteiger partial charge in [-0.15, -0.1) is 0 Å². The van der Waals surface area contributed by atoms with Crippen LogP contribution in [0.3, 0.4) is 0 Å². The van der Waals surface area contributed by atoms with Gasteiger partial charge in [-0.1, -0.05) is 84.4 Å². The Balaban J connectivity index is 1.45. The van der Waals surface area contributed by atoms with Crippen molar-refractivity contribution in [3.05, 3.63) is 95.0 Å². The maximum Gasteiger partial charge on any atom is 0.317 e. The fraction of sp³-hybridized carbons (Fsp3) is 0.269. The maximum atomic E-state index is 12.4. The Morgan fingerprint density at radius 2 is 1.65 bits per heavy atom. The molecule has 0 spiro atoms. The number of hydrogen-bond acceptors (Lipinski definition) is 2. The van der Waals surface area contributed by atoms with Gasteiger partial charge in [0.2, 0.25) is 0 Å². The average Bonchev–Trinajstić information content (AvgIpc) is 2.80. The molecule has 1 aliphatic rings. The molecule has 0 aliphatic carbocycles. The molecule has 1 aliphatic heterocycles. The topological polar surface area (TPSA) is 35.6 Å². The molecule has 4 nitrogen and oxygen atoms in total. The Morgan fingerprint density at radius 3 is 2.35 bits per heavy atom. The number of urea groups is 1. The molecule has 1 saturated heterocycles. The molecule has 0 radical (unpaired) electrons. The molecule has 3 aromatic rings. The summed E-state index contributed by atoms with van der Waals surface area (Å²) in [5.74, 6) is 0. The van der Waals surface area contributed by atoms with Crippen LogP contribution in [0, 0.1) is 0 Å². The summed E-state index contributed by atoms with van der Waals surface area (Å²) < 4.78 is 0. The molecule has 31 heavy (non-hydrogen) atoms. The van der Waals surface area contributed by atoms with Gasteiger partial charge in [0, 0.05) is 43.8 Å². The van der Waals surface area contributed by atoms with Crippen LogP contribution < -0.4 is 5.32 Å². The molecule has 1 heterocycles. The normalized spacial score (nSPS) is 16.8. The molecule has 2 amide bonds. The molecule has 3 aromatic carbocycles. The summed E-state index contributed by atoms with van der Waals surface area (Å²) in [6.07, 6.45) is 0.857. The van der Waals surface area contributed by atoms with Gasteiger partial charge in [-0.3, -0.25) is 4.90 Å². The lowest BCUT2D eigenvalue weighted by atomic mass is 10.0. The van der Waals surface area contributed by atoms with E-state index in [9.17, 15) is 4.79 Å². The average molecular weight is 434 g/mol. The number of carbonyl (C=O) groups excluding carboxylic acids is 1. The van der Waals surface area contributed by atoms with Gasteiger partial charge in [-0.2, -0.15) is 0 Å². The number of nitrogens with zero attached hydrogens (tertiary/aromatic N) is 2. The summed E-state index contributed by atoms with van der Waals surface area (Å²) in [4.78, 5) is 16.8. The minimum absolute atomic E-state index is 0.00433. The van der Waals surface area contributed by atoms with Crippen molar-refractivity contribution in [2.75, 3.05) is 26.7 Å². The van der Waals surface area contributed by atoms with E-state index in [4.69, 9.17) is 11.6 Å². The van der Waals surface area contributed by atoms with Crippen molar-refractivity contribution in [3.8, 4) is 11.1 Å². The fourth-order valence-electron chi connectivity index (χ4n) is 4.28. The van der Waals surface area contributed by atoms with E-state index in [0.29, 0.717) is 0 Å². The Bertz CT molecular complexity index is 1010. The van der Waals surface area contributed by atoms with E-state index in [1.54, 1.807) is 7.05 Å². The lowest BCUT2D eigenvalue weighted by Crippen LogP contribution is -2.57. The van der Waals surface area contributed by atoms with Gasteiger partial charge >= 0.3 is 6.03 Å². The molecule has 0 bridgehead atoms.